The highest BCUT2D eigenvalue weighted by atomic mass is 16.8. The van der Waals surface area contributed by atoms with Crippen LogP contribution in [0.3, 0.4) is 0 Å². The SMILES string of the molecule is COC(=O)O[C@@]12CO[C@@H]1C[C@H](O)[C@@]1(C)C(=O)[C@H](OC(C)=O)C3=C(C)[C@@H](OC(=O)CCc4ccccc4)C[C@@](O)([C@@H](OC(=O)c4ccccc4)[C@H]21)C3(C)C. The average molecular weight is 735 g/mol. The number of esters is 3. The number of carbonyl (C=O) groups is 5. The number of aliphatic hydroxyl groups excluding tert-OH is 1. The number of rotatable bonds is 8. The Balaban J connectivity index is 1.57. The molecule has 0 unspecified atom stereocenters. The maximum Gasteiger partial charge on any atom is 0.508 e. The van der Waals surface area contributed by atoms with Gasteiger partial charge in [-0.15, -0.1) is 0 Å². The van der Waals surface area contributed by atoms with E-state index in [1.54, 1.807) is 39.0 Å². The van der Waals surface area contributed by atoms with Crippen molar-refractivity contribution in [1.29, 1.82) is 0 Å². The molecule has 4 aliphatic rings. The fraction of sp³-hybridized carbons (Fsp3) is 0.525. The molecule has 2 N–H and O–H groups in total. The first-order valence-corrected chi connectivity index (χ1v) is 17.7. The molecule has 1 saturated heterocycles. The summed E-state index contributed by atoms with van der Waals surface area (Å²) in [5, 5.41) is 25.4. The van der Waals surface area contributed by atoms with E-state index in [4.69, 9.17) is 28.4 Å². The lowest BCUT2D eigenvalue weighted by molar-refractivity contribution is -0.344. The monoisotopic (exact) mass is 734 g/mol. The second-order valence-electron chi connectivity index (χ2n) is 15.2. The minimum atomic E-state index is -2.23. The second-order valence-corrected chi connectivity index (χ2v) is 15.2. The predicted molar refractivity (Wildman–Crippen MR) is 185 cm³/mol. The van der Waals surface area contributed by atoms with Crippen LogP contribution in [0.4, 0.5) is 4.79 Å². The van der Waals surface area contributed by atoms with E-state index in [1.807, 2.05) is 30.3 Å². The molecule has 284 valence electrons. The maximum absolute atomic E-state index is 15.3. The molecular weight excluding hydrogens is 688 g/mol. The van der Waals surface area contributed by atoms with Crippen molar-refractivity contribution in [2.45, 2.75) is 102 Å². The number of ketones is 1. The highest BCUT2D eigenvalue weighted by Gasteiger charge is 2.78. The van der Waals surface area contributed by atoms with Gasteiger partial charge in [-0.3, -0.25) is 14.4 Å². The van der Waals surface area contributed by atoms with Crippen molar-refractivity contribution >= 4 is 29.8 Å². The predicted octanol–water partition coefficient (Wildman–Crippen LogP) is 4.06. The first-order chi connectivity index (χ1) is 25.0. The Bertz CT molecular complexity index is 1800. The Kier molecular flexibility index (Phi) is 10.1. The van der Waals surface area contributed by atoms with Gasteiger partial charge < -0.3 is 38.6 Å². The van der Waals surface area contributed by atoms with Gasteiger partial charge in [-0.2, -0.15) is 0 Å². The van der Waals surface area contributed by atoms with Crippen LogP contribution in [0.2, 0.25) is 0 Å². The van der Waals surface area contributed by atoms with E-state index in [2.05, 4.69) is 0 Å². The van der Waals surface area contributed by atoms with Gasteiger partial charge in [0.15, 0.2) is 17.5 Å². The zero-order valence-electron chi connectivity index (χ0n) is 30.7. The van der Waals surface area contributed by atoms with Crippen molar-refractivity contribution in [1.82, 2.24) is 0 Å². The van der Waals surface area contributed by atoms with Crippen LogP contribution in [0.1, 0.15) is 69.8 Å². The molecule has 2 bridgehead atoms. The van der Waals surface area contributed by atoms with Crippen LogP contribution < -0.4 is 0 Å². The Hall–Kier alpha value is -4.59. The van der Waals surface area contributed by atoms with Crippen LogP contribution >= 0.6 is 0 Å². The number of aliphatic hydroxyl groups is 2. The Morgan fingerprint density at radius 2 is 1.58 bits per heavy atom. The largest absolute Gasteiger partial charge is 0.508 e. The van der Waals surface area contributed by atoms with Gasteiger partial charge in [0, 0.05) is 31.6 Å². The lowest BCUT2D eigenvalue weighted by Gasteiger charge is -2.67. The van der Waals surface area contributed by atoms with Crippen LogP contribution in [0.5, 0.6) is 0 Å². The molecule has 2 aromatic rings. The number of hydrogen-bond donors (Lipinski definition) is 2. The molecule has 2 aromatic carbocycles. The maximum atomic E-state index is 15.3. The summed E-state index contributed by atoms with van der Waals surface area (Å²) in [6.45, 7) is 7.13. The number of Topliss-reactive ketones (excluding diaryl/α,β-unsaturated/α-hetero) is 1. The molecular formula is C40H46O13. The fourth-order valence-electron chi connectivity index (χ4n) is 9.06. The first-order valence-electron chi connectivity index (χ1n) is 17.7. The molecule has 53 heavy (non-hydrogen) atoms. The van der Waals surface area contributed by atoms with Gasteiger partial charge in [0.1, 0.15) is 23.9 Å². The van der Waals surface area contributed by atoms with Gasteiger partial charge in [-0.25, -0.2) is 9.59 Å². The highest BCUT2D eigenvalue weighted by Crippen LogP contribution is 2.64. The van der Waals surface area contributed by atoms with Crippen LogP contribution in [0, 0.1) is 16.7 Å². The van der Waals surface area contributed by atoms with Gasteiger partial charge in [0.05, 0.1) is 36.7 Å². The number of aryl methyl sites for hydroxylation is 1. The first kappa shape index (κ1) is 38.1. The molecule has 2 saturated carbocycles. The number of carbonyl (C=O) groups excluding carboxylic acids is 5. The summed E-state index contributed by atoms with van der Waals surface area (Å²) in [4.78, 5) is 68.6. The average Bonchev–Trinajstić information content (AvgIpc) is 3.12. The number of benzene rings is 2. The summed E-state index contributed by atoms with van der Waals surface area (Å²) in [6.07, 6.45) is -8.43. The Morgan fingerprint density at radius 1 is 0.943 bits per heavy atom. The van der Waals surface area contributed by atoms with E-state index in [9.17, 15) is 29.4 Å². The molecule has 0 aromatic heterocycles. The molecule has 13 heteroatoms. The van der Waals surface area contributed by atoms with E-state index < -0.39 is 88.3 Å². The fourth-order valence-corrected chi connectivity index (χ4v) is 9.06. The Labute approximate surface area is 307 Å². The van der Waals surface area contributed by atoms with Crippen LogP contribution in [-0.4, -0.2) is 95.5 Å². The van der Waals surface area contributed by atoms with E-state index >= 15 is 4.79 Å². The molecule has 6 rings (SSSR count). The summed E-state index contributed by atoms with van der Waals surface area (Å²) >= 11 is 0. The minimum Gasteiger partial charge on any atom is -0.458 e. The van der Waals surface area contributed by atoms with Gasteiger partial charge in [-0.1, -0.05) is 62.4 Å². The molecule has 3 fully saturated rings. The third kappa shape index (κ3) is 6.22. The molecule has 1 aliphatic heterocycles. The molecule has 1 heterocycles. The van der Waals surface area contributed by atoms with Crippen molar-refractivity contribution in [2.24, 2.45) is 16.7 Å². The second kappa shape index (κ2) is 14.0. The molecule has 0 radical (unpaired) electrons. The zero-order chi connectivity index (χ0) is 38.5. The number of methoxy groups -OCH3 is 1. The lowest BCUT2D eigenvalue weighted by atomic mass is 9.44. The van der Waals surface area contributed by atoms with Crippen molar-refractivity contribution < 1.29 is 62.6 Å². The third-order valence-corrected chi connectivity index (χ3v) is 12.0. The standard InChI is InChI=1S/C40H46O13/c1-22-26(51-29(43)18-17-24-13-9-7-10-14-24)20-40(47)34(52-35(45)25-15-11-8-12-16-25)32-38(5,33(44)31(50-23(2)41)30(22)37(40,3)4)27(42)19-28-39(32,21-49-28)53-36(46)48-6/h7-16,26-28,31-32,34,42,47H,17-21H2,1-6H3/t26-,27-,28+,31+,32-,34-,38+,39-,40+/m0/s1. The molecule has 0 spiro atoms. The van der Waals surface area contributed by atoms with Gasteiger partial charge >= 0.3 is 24.1 Å². The normalized spacial score (nSPS) is 34.2. The third-order valence-electron chi connectivity index (χ3n) is 12.0. The topological polar surface area (TPSA) is 181 Å². The van der Waals surface area contributed by atoms with Crippen LogP contribution in [-0.2, 0) is 49.2 Å². The summed E-state index contributed by atoms with van der Waals surface area (Å²) in [7, 11) is 1.10. The molecule has 9 atom stereocenters. The van der Waals surface area contributed by atoms with Crippen molar-refractivity contribution in [3.05, 3.63) is 82.9 Å². The lowest BCUT2D eigenvalue weighted by Crippen LogP contribution is -2.82. The van der Waals surface area contributed by atoms with E-state index in [0.29, 0.717) is 12.0 Å². The van der Waals surface area contributed by atoms with Crippen molar-refractivity contribution in [3.8, 4) is 0 Å². The summed E-state index contributed by atoms with van der Waals surface area (Å²) in [5.41, 5.74) is -6.03. The Morgan fingerprint density at radius 3 is 2.17 bits per heavy atom. The van der Waals surface area contributed by atoms with Crippen molar-refractivity contribution in [3.63, 3.8) is 0 Å². The van der Waals surface area contributed by atoms with Crippen molar-refractivity contribution in [2.75, 3.05) is 13.7 Å². The van der Waals surface area contributed by atoms with E-state index in [1.165, 1.54) is 19.1 Å². The highest BCUT2D eigenvalue weighted by molar-refractivity contribution is 5.95. The van der Waals surface area contributed by atoms with Gasteiger partial charge in [0.25, 0.3) is 0 Å². The number of fused-ring (bicyclic) bond motifs is 5. The van der Waals surface area contributed by atoms with Crippen LogP contribution in [0.25, 0.3) is 0 Å². The number of hydrogen-bond acceptors (Lipinski definition) is 13. The smallest absolute Gasteiger partial charge is 0.458 e. The number of ether oxygens (including phenoxy) is 6. The molecule has 13 nitrogen and oxygen atoms in total. The minimum absolute atomic E-state index is 0.00827. The van der Waals surface area contributed by atoms with E-state index in [-0.39, 0.29) is 37.0 Å². The van der Waals surface area contributed by atoms with Gasteiger partial charge in [0.2, 0.25) is 0 Å². The quantitative estimate of drug-likeness (QED) is 0.225. The summed E-state index contributed by atoms with van der Waals surface area (Å²) in [6, 6.07) is 17.3. The van der Waals surface area contributed by atoms with Crippen LogP contribution in [0.15, 0.2) is 71.8 Å². The molecule has 3 aliphatic carbocycles. The molecule has 0 amide bonds. The zero-order valence-corrected chi connectivity index (χ0v) is 30.7. The summed E-state index contributed by atoms with van der Waals surface area (Å²) in [5.74, 6) is -4.59. The van der Waals surface area contributed by atoms with E-state index in [0.717, 1.165) is 19.6 Å². The summed E-state index contributed by atoms with van der Waals surface area (Å²) < 4.78 is 34.9. The van der Waals surface area contributed by atoms with Gasteiger partial charge in [-0.05, 0) is 49.1 Å².